The molecule has 0 heterocycles. The molecule has 0 atom stereocenters. The molecule has 0 unspecified atom stereocenters. The van der Waals surface area contributed by atoms with Crippen molar-refractivity contribution in [1.29, 1.82) is 0 Å². The second kappa shape index (κ2) is 16.1. The van der Waals surface area contributed by atoms with Crippen LogP contribution in [0.4, 0.5) is 0 Å². The first-order chi connectivity index (χ1) is 6.84. The van der Waals surface area contributed by atoms with Gasteiger partial charge >= 0.3 is 0 Å². The van der Waals surface area contributed by atoms with Crippen molar-refractivity contribution in [3.8, 4) is 0 Å². The fourth-order valence-electron chi connectivity index (χ4n) is 0.995. The fraction of sp³-hybridized carbons (Fsp3) is 0.200. The van der Waals surface area contributed by atoms with E-state index in [4.69, 9.17) is 0 Å². The van der Waals surface area contributed by atoms with Crippen molar-refractivity contribution in [1.82, 2.24) is 0 Å². The third-order valence-electron chi connectivity index (χ3n) is 1.69. The Morgan fingerprint density at radius 3 is 2.17 bits per heavy atom. The van der Waals surface area contributed by atoms with Crippen molar-refractivity contribution >= 4 is 5.97 Å². The van der Waals surface area contributed by atoms with Gasteiger partial charge in [-0.1, -0.05) is 6.42 Å². The van der Waals surface area contributed by atoms with Crippen LogP contribution in [-0.4, -0.2) is 13.1 Å². The van der Waals surface area contributed by atoms with Crippen LogP contribution in [0, 0.1) is 34.4 Å². The predicted octanol–water partition coefficient (Wildman–Crippen LogP) is 3.50. The molecule has 0 radical (unpaired) electrons. The number of carbonyl (C=O) groups is 1. The first kappa shape index (κ1) is 25.8. The molecule has 0 spiro atoms. The summed E-state index contributed by atoms with van der Waals surface area (Å²) in [7, 11) is 1.36. The van der Waals surface area contributed by atoms with E-state index < -0.39 is 0 Å². The van der Waals surface area contributed by atoms with E-state index in [2.05, 4.69) is 23.0 Å². The average Bonchev–Trinajstić information content (AvgIpc) is 2.91. The van der Waals surface area contributed by atoms with Gasteiger partial charge in [0.25, 0.3) is 0 Å². The Labute approximate surface area is 127 Å². The van der Waals surface area contributed by atoms with E-state index in [1.54, 1.807) is 6.08 Å². The number of hydrogen-bond acceptors (Lipinski definition) is 2. The van der Waals surface area contributed by atoms with Gasteiger partial charge < -0.3 is 31.8 Å². The van der Waals surface area contributed by atoms with Gasteiger partial charge in [0.1, 0.15) is 0 Å². The normalized spacial score (nSPS) is 12.6. The summed E-state index contributed by atoms with van der Waals surface area (Å²) < 4.78 is 4.44. The quantitative estimate of drug-likeness (QED) is 0.472. The number of hydrogen-bond donors (Lipinski definition) is 0. The minimum Gasteiger partial charge on any atom is -0.523 e. The molecule has 2 rings (SSSR count). The Kier molecular flexibility index (Phi) is 23.1. The Balaban J connectivity index is -0.0000000969. The smallest absolute Gasteiger partial charge is 0.219 e. The van der Waals surface area contributed by atoms with Crippen LogP contribution in [0.3, 0.4) is 0 Å². The average molecular weight is 428 g/mol. The maximum absolute atomic E-state index is 10.6. The van der Waals surface area contributed by atoms with Crippen LogP contribution in [-0.2, 0) is 30.6 Å². The summed E-state index contributed by atoms with van der Waals surface area (Å²) in [5, 5.41) is 0. The van der Waals surface area contributed by atoms with Gasteiger partial charge in [0, 0.05) is 21.1 Å². The van der Waals surface area contributed by atoms with Crippen LogP contribution in [0.15, 0.2) is 36.0 Å². The van der Waals surface area contributed by atoms with Crippen molar-refractivity contribution in [3.63, 3.8) is 0 Å². The molecule has 0 N–H and O–H groups in total. The summed E-state index contributed by atoms with van der Waals surface area (Å²) in [5.74, 6) is -0.302. The molecule has 0 aromatic carbocycles. The van der Waals surface area contributed by atoms with E-state index in [0.29, 0.717) is 5.57 Å². The van der Waals surface area contributed by atoms with Crippen LogP contribution in [0.25, 0.3) is 0 Å². The molecule has 0 saturated carbocycles. The second-order valence-electron chi connectivity index (χ2n) is 2.69. The van der Waals surface area contributed by atoms with E-state index in [-0.39, 0.29) is 49.3 Å². The molecular weight excluding hydrogens is 407 g/mol. The Morgan fingerprint density at radius 2 is 1.89 bits per heavy atom. The molecule has 0 aliphatic heterocycles. The third-order valence-corrected chi connectivity index (χ3v) is 1.69. The van der Waals surface area contributed by atoms with Crippen LogP contribution >= 0.6 is 0 Å². The maximum atomic E-state index is 10.6. The minimum absolute atomic E-state index is 0. The zero-order valence-electron chi connectivity index (χ0n) is 11.4. The van der Waals surface area contributed by atoms with Gasteiger partial charge in [-0.15, -0.1) is 18.1 Å². The first-order valence-corrected chi connectivity index (χ1v) is 4.42. The molecule has 2 nitrogen and oxygen atoms in total. The minimum atomic E-state index is -0.302. The molecule has 0 aromatic rings. The van der Waals surface area contributed by atoms with E-state index in [9.17, 15) is 4.79 Å². The molecular formula is C15H21O2Pt-5. The number of ether oxygens (including phenoxy) is 1. The molecule has 18 heavy (non-hydrogen) atoms. The molecule has 3 heteroatoms. The van der Waals surface area contributed by atoms with Crippen molar-refractivity contribution in [2.45, 2.75) is 12.8 Å². The molecule has 0 bridgehead atoms. The van der Waals surface area contributed by atoms with E-state index >= 15 is 0 Å². The Hall–Kier alpha value is -0.882. The van der Waals surface area contributed by atoms with Gasteiger partial charge in [0.15, 0.2) is 0 Å². The van der Waals surface area contributed by atoms with Crippen molar-refractivity contribution in [2.24, 2.45) is 0 Å². The van der Waals surface area contributed by atoms with Crippen molar-refractivity contribution in [3.05, 3.63) is 70.4 Å². The fourth-order valence-corrected chi connectivity index (χ4v) is 0.995. The monoisotopic (exact) mass is 428 g/mol. The number of carbonyl (C=O) groups excluding carboxylic acids is 1. The Bertz CT molecular complexity index is 302. The van der Waals surface area contributed by atoms with Gasteiger partial charge in [-0.25, -0.2) is 12.2 Å². The maximum Gasteiger partial charge on any atom is 0.219 e. The predicted molar refractivity (Wildman–Crippen MR) is 73.3 cm³/mol. The summed E-state index contributed by atoms with van der Waals surface area (Å²) in [6.45, 7) is 0. The molecule has 0 fully saturated rings. The number of esters is 1. The van der Waals surface area contributed by atoms with Crippen molar-refractivity contribution < 1.29 is 30.6 Å². The van der Waals surface area contributed by atoms with Gasteiger partial charge in [0.05, 0.1) is 7.11 Å². The van der Waals surface area contributed by atoms with Gasteiger partial charge in [-0.05, 0) is 0 Å². The van der Waals surface area contributed by atoms with Gasteiger partial charge in [0.2, 0.25) is 5.97 Å². The topological polar surface area (TPSA) is 26.3 Å². The molecule has 2 aliphatic rings. The molecule has 0 aromatic heterocycles. The number of rotatable bonds is 1. The largest absolute Gasteiger partial charge is 0.523 e. The van der Waals surface area contributed by atoms with Crippen LogP contribution < -0.4 is 0 Å². The number of allylic oxidation sites excluding steroid dienone is 6. The standard InChI is InChI=1S/C7H7O2.C5H5.3CH3.Pt/c1-9-7(8)6-4-2-3-5-6;1-2-4-5-3-1;;;;/h2,4H,3H2,1H3;1-3H,4H2;3*1H3;/q5*-1;. The van der Waals surface area contributed by atoms with Gasteiger partial charge in [-0.3, -0.25) is 6.08 Å². The van der Waals surface area contributed by atoms with E-state index in [1.165, 1.54) is 7.11 Å². The summed E-state index contributed by atoms with van der Waals surface area (Å²) in [5.41, 5.74) is 0.539. The summed E-state index contributed by atoms with van der Waals surface area (Å²) in [4.78, 5) is 10.6. The summed E-state index contributed by atoms with van der Waals surface area (Å²) in [6, 6.07) is 0. The zero-order valence-corrected chi connectivity index (χ0v) is 13.7. The van der Waals surface area contributed by atoms with E-state index in [0.717, 1.165) is 12.8 Å². The molecule has 0 saturated heterocycles. The number of methoxy groups -OCH3 is 1. The second-order valence-corrected chi connectivity index (χ2v) is 2.69. The molecule has 108 valence electrons. The Morgan fingerprint density at radius 1 is 1.22 bits per heavy atom. The first-order valence-electron chi connectivity index (χ1n) is 4.42. The molecule has 2 aliphatic carbocycles. The van der Waals surface area contributed by atoms with Crippen LogP contribution in [0.5, 0.6) is 0 Å². The van der Waals surface area contributed by atoms with Gasteiger partial charge in [-0.2, -0.15) is 18.2 Å². The third kappa shape index (κ3) is 10.3. The van der Waals surface area contributed by atoms with Crippen LogP contribution in [0.1, 0.15) is 12.8 Å². The van der Waals surface area contributed by atoms with E-state index in [1.807, 2.05) is 18.2 Å². The summed E-state index contributed by atoms with van der Waals surface area (Å²) >= 11 is 0. The SMILES string of the molecule is COC(=O)C1=[C-]CC=C1.[C-]1=CC=CC1.[CH3-].[CH3-].[CH3-].[Pt]. The van der Waals surface area contributed by atoms with Crippen LogP contribution in [0.2, 0.25) is 0 Å². The zero-order chi connectivity index (χ0) is 10.2. The van der Waals surface area contributed by atoms with Crippen molar-refractivity contribution in [2.75, 3.05) is 7.11 Å². The summed E-state index contributed by atoms with van der Waals surface area (Å²) in [6.07, 6.45) is 17.1. The molecule has 0 amide bonds.